The van der Waals surface area contributed by atoms with E-state index in [9.17, 15) is 4.79 Å². The summed E-state index contributed by atoms with van der Waals surface area (Å²) in [5.74, 6) is -0.486. The third kappa shape index (κ3) is 2.99. The van der Waals surface area contributed by atoms with Gasteiger partial charge in [-0.05, 0) is 40.8 Å². The van der Waals surface area contributed by atoms with Gasteiger partial charge in [0, 0.05) is 5.75 Å². The van der Waals surface area contributed by atoms with Gasteiger partial charge in [-0.15, -0.1) is 0 Å². The maximum absolute atomic E-state index is 11.1. The molecule has 2 aromatic rings. The maximum Gasteiger partial charge on any atom is 0.335 e. The molecule has 0 saturated heterocycles. The highest BCUT2D eigenvalue weighted by Crippen LogP contribution is 2.24. The van der Waals surface area contributed by atoms with E-state index in [4.69, 9.17) is 5.11 Å². The van der Waals surface area contributed by atoms with Gasteiger partial charge in [-0.2, -0.15) is 12.6 Å². The van der Waals surface area contributed by atoms with Crippen LogP contribution in [0.3, 0.4) is 0 Å². The van der Waals surface area contributed by atoms with Gasteiger partial charge in [0.1, 0.15) is 0 Å². The molecule has 2 rings (SSSR count). The Bertz CT molecular complexity index is 588. The van der Waals surface area contributed by atoms with E-state index in [-0.39, 0.29) is 0 Å². The van der Waals surface area contributed by atoms with E-state index in [1.54, 1.807) is 6.07 Å². The molecule has 2 nitrogen and oxygen atoms in total. The van der Waals surface area contributed by atoms with E-state index in [1.807, 2.05) is 12.1 Å². The van der Waals surface area contributed by atoms with E-state index in [1.165, 1.54) is 5.56 Å². The van der Waals surface area contributed by atoms with E-state index in [0.29, 0.717) is 11.3 Å². The van der Waals surface area contributed by atoms with Crippen LogP contribution in [0.2, 0.25) is 0 Å². The van der Waals surface area contributed by atoms with Crippen molar-refractivity contribution >= 4 is 18.6 Å². The van der Waals surface area contributed by atoms with E-state index < -0.39 is 5.97 Å². The molecule has 1 N–H and O–H groups in total. The molecule has 3 heteroatoms. The van der Waals surface area contributed by atoms with Gasteiger partial charge >= 0.3 is 5.97 Å². The Morgan fingerprint density at radius 3 is 2.26 bits per heavy atom. The highest BCUT2D eigenvalue weighted by Gasteiger charge is 2.10. The monoisotopic (exact) mass is 272 g/mol. The van der Waals surface area contributed by atoms with E-state index in [2.05, 4.69) is 43.8 Å². The highest BCUT2D eigenvalue weighted by atomic mass is 32.1. The summed E-state index contributed by atoms with van der Waals surface area (Å²) in [4.78, 5) is 11.1. The molecule has 0 amide bonds. The van der Waals surface area contributed by atoms with Crippen molar-refractivity contribution in [2.24, 2.45) is 0 Å². The lowest BCUT2D eigenvalue weighted by Gasteiger charge is -2.08. The van der Waals surface area contributed by atoms with Crippen LogP contribution in [0.4, 0.5) is 0 Å². The Morgan fingerprint density at radius 1 is 1.11 bits per heavy atom. The standard InChI is InChI=1S/C16H16O2S/c1-2-11-3-5-12(6-4-11)13-7-8-15(16(17)18)14(9-13)10-19/h3-9,19H,2,10H2,1H3,(H,17,18). The van der Waals surface area contributed by atoms with Crippen molar-refractivity contribution in [2.45, 2.75) is 19.1 Å². The van der Waals surface area contributed by atoms with Gasteiger partial charge in [0.2, 0.25) is 0 Å². The molecule has 0 aliphatic rings. The molecule has 0 spiro atoms. The van der Waals surface area contributed by atoms with Gasteiger partial charge in [0.15, 0.2) is 0 Å². The Morgan fingerprint density at radius 2 is 1.74 bits per heavy atom. The van der Waals surface area contributed by atoms with Crippen molar-refractivity contribution in [3.8, 4) is 11.1 Å². The molecule has 0 aliphatic heterocycles. The van der Waals surface area contributed by atoms with Gasteiger partial charge < -0.3 is 5.11 Å². The van der Waals surface area contributed by atoms with Crippen LogP contribution in [0, 0.1) is 0 Å². The summed E-state index contributed by atoms with van der Waals surface area (Å²) in [5.41, 5.74) is 4.48. The van der Waals surface area contributed by atoms with Gasteiger partial charge in [-0.25, -0.2) is 4.79 Å². The van der Waals surface area contributed by atoms with Crippen molar-refractivity contribution in [3.05, 3.63) is 59.2 Å². The van der Waals surface area contributed by atoms with Crippen LogP contribution in [-0.2, 0) is 12.2 Å². The minimum atomic E-state index is -0.906. The zero-order chi connectivity index (χ0) is 13.8. The van der Waals surface area contributed by atoms with Crippen molar-refractivity contribution < 1.29 is 9.90 Å². The molecular weight excluding hydrogens is 256 g/mol. The second kappa shape index (κ2) is 5.93. The number of rotatable bonds is 4. The molecular formula is C16H16O2S. The topological polar surface area (TPSA) is 37.3 Å². The van der Waals surface area contributed by atoms with Crippen molar-refractivity contribution in [1.82, 2.24) is 0 Å². The Kier molecular flexibility index (Phi) is 4.27. The zero-order valence-electron chi connectivity index (χ0n) is 10.8. The van der Waals surface area contributed by atoms with E-state index >= 15 is 0 Å². The number of carbonyl (C=O) groups is 1. The molecule has 0 radical (unpaired) electrons. The minimum absolute atomic E-state index is 0.323. The maximum atomic E-state index is 11.1. The Hall–Kier alpha value is -1.74. The predicted octanol–water partition coefficient (Wildman–Crippen LogP) is 4.04. The fourth-order valence-corrected chi connectivity index (χ4v) is 2.31. The van der Waals surface area contributed by atoms with Gasteiger partial charge in [-0.1, -0.05) is 37.3 Å². The van der Waals surface area contributed by atoms with Crippen molar-refractivity contribution in [2.75, 3.05) is 0 Å². The number of thiol groups is 1. The second-order valence-electron chi connectivity index (χ2n) is 4.39. The number of hydrogen-bond acceptors (Lipinski definition) is 2. The number of benzene rings is 2. The van der Waals surface area contributed by atoms with Crippen molar-refractivity contribution in [3.63, 3.8) is 0 Å². The lowest BCUT2D eigenvalue weighted by atomic mass is 9.98. The molecule has 0 bridgehead atoms. The van der Waals surface area contributed by atoms with Gasteiger partial charge in [0.25, 0.3) is 0 Å². The van der Waals surface area contributed by atoms with Crippen LogP contribution >= 0.6 is 12.6 Å². The first kappa shape index (κ1) is 13.7. The highest BCUT2D eigenvalue weighted by molar-refractivity contribution is 7.79. The quantitative estimate of drug-likeness (QED) is 0.824. The van der Waals surface area contributed by atoms with Crippen LogP contribution in [0.15, 0.2) is 42.5 Å². The summed E-state index contributed by atoms with van der Waals surface area (Å²) < 4.78 is 0. The first-order valence-electron chi connectivity index (χ1n) is 6.22. The van der Waals surface area contributed by atoms with Gasteiger partial charge in [-0.3, -0.25) is 0 Å². The molecule has 0 fully saturated rings. The first-order chi connectivity index (χ1) is 9.15. The summed E-state index contributed by atoms with van der Waals surface area (Å²) in [6.45, 7) is 2.12. The SMILES string of the molecule is CCc1ccc(-c2ccc(C(=O)O)c(CS)c2)cc1. The average molecular weight is 272 g/mol. The zero-order valence-corrected chi connectivity index (χ0v) is 11.7. The summed E-state index contributed by atoms with van der Waals surface area (Å²) >= 11 is 4.20. The van der Waals surface area contributed by atoms with Crippen LogP contribution in [0.1, 0.15) is 28.4 Å². The molecule has 0 unspecified atom stereocenters. The van der Waals surface area contributed by atoms with Gasteiger partial charge in [0.05, 0.1) is 5.56 Å². The molecule has 0 heterocycles. The molecule has 0 atom stereocenters. The number of aromatic carboxylic acids is 1. The average Bonchev–Trinajstić information content (AvgIpc) is 2.46. The molecule has 0 aliphatic carbocycles. The fourth-order valence-electron chi connectivity index (χ4n) is 2.05. The second-order valence-corrected chi connectivity index (χ2v) is 4.70. The first-order valence-corrected chi connectivity index (χ1v) is 6.85. The van der Waals surface area contributed by atoms with E-state index in [0.717, 1.165) is 23.1 Å². The van der Waals surface area contributed by atoms with Crippen LogP contribution in [0.5, 0.6) is 0 Å². The fraction of sp³-hybridized carbons (Fsp3) is 0.188. The minimum Gasteiger partial charge on any atom is -0.478 e. The largest absolute Gasteiger partial charge is 0.478 e. The summed E-state index contributed by atoms with van der Waals surface area (Å²) in [6.07, 6.45) is 1.01. The van der Waals surface area contributed by atoms with Crippen LogP contribution in [-0.4, -0.2) is 11.1 Å². The summed E-state index contributed by atoms with van der Waals surface area (Å²) in [5, 5.41) is 9.09. The third-order valence-electron chi connectivity index (χ3n) is 3.20. The summed E-state index contributed by atoms with van der Waals surface area (Å²) in [6, 6.07) is 13.7. The lowest BCUT2D eigenvalue weighted by molar-refractivity contribution is 0.0696. The number of carboxylic acid groups (broad SMARTS) is 1. The number of hydrogen-bond donors (Lipinski definition) is 2. The smallest absolute Gasteiger partial charge is 0.335 e. The molecule has 0 aromatic heterocycles. The molecule has 19 heavy (non-hydrogen) atoms. The lowest BCUT2D eigenvalue weighted by Crippen LogP contribution is -2.01. The predicted molar refractivity (Wildman–Crippen MR) is 80.9 cm³/mol. The van der Waals surface area contributed by atoms with Crippen molar-refractivity contribution in [1.29, 1.82) is 0 Å². The normalized spacial score (nSPS) is 10.4. The molecule has 2 aromatic carbocycles. The number of aryl methyl sites for hydroxylation is 1. The molecule has 98 valence electrons. The third-order valence-corrected chi connectivity index (χ3v) is 3.54. The van der Waals surface area contributed by atoms with Crippen LogP contribution in [0.25, 0.3) is 11.1 Å². The molecule has 0 saturated carbocycles. The number of carboxylic acids is 1. The van der Waals surface area contributed by atoms with Crippen LogP contribution < -0.4 is 0 Å². The Balaban J connectivity index is 2.42. The Labute approximate surface area is 118 Å². The summed E-state index contributed by atoms with van der Waals surface area (Å²) in [7, 11) is 0.